The van der Waals surface area contributed by atoms with Crippen molar-refractivity contribution in [1.82, 2.24) is 20.5 Å². The third-order valence-corrected chi connectivity index (χ3v) is 6.02. The molecule has 7 heteroatoms. The van der Waals surface area contributed by atoms with Crippen LogP contribution in [0, 0.1) is 0 Å². The van der Waals surface area contributed by atoms with E-state index < -0.39 is 0 Å². The molecule has 1 saturated heterocycles. The Labute approximate surface area is 147 Å². The summed E-state index contributed by atoms with van der Waals surface area (Å²) in [5, 5.41) is 6.79. The number of aromatic nitrogens is 1. The third-order valence-electron chi connectivity index (χ3n) is 4.70. The van der Waals surface area contributed by atoms with Gasteiger partial charge in [-0.05, 0) is 38.5 Å². The molecule has 24 heavy (non-hydrogen) atoms. The smallest absolute Gasteiger partial charge is 0.317 e. The molecular formula is C17H26N4O2S. The number of likely N-dealkylation sites (tertiary alicyclic amines) is 1. The summed E-state index contributed by atoms with van der Waals surface area (Å²) in [4.78, 5) is 31.4. The average Bonchev–Trinajstić information content (AvgIpc) is 3.02. The van der Waals surface area contributed by atoms with Gasteiger partial charge in [-0.25, -0.2) is 9.78 Å². The number of hydrogen-bond donors (Lipinski definition) is 2. The van der Waals surface area contributed by atoms with E-state index in [0.29, 0.717) is 19.0 Å². The monoisotopic (exact) mass is 350 g/mol. The number of rotatable bonds is 4. The van der Waals surface area contributed by atoms with Crippen LogP contribution < -0.4 is 10.6 Å². The van der Waals surface area contributed by atoms with Crippen LogP contribution in [0.15, 0.2) is 0 Å². The molecule has 3 rings (SSSR count). The zero-order valence-electron chi connectivity index (χ0n) is 14.3. The first kappa shape index (κ1) is 17.2. The van der Waals surface area contributed by atoms with Gasteiger partial charge in [-0.3, -0.25) is 4.79 Å². The van der Waals surface area contributed by atoms with Crippen molar-refractivity contribution < 1.29 is 9.59 Å². The molecule has 132 valence electrons. The largest absolute Gasteiger partial charge is 0.355 e. The first-order valence-electron chi connectivity index (χ1n) is 8.89. The minimum absolute atomic E-state index is 0.0358. The van der Waals surface area contributed by atoms with E-state index in [1.54, 1.807) is 0 Å². The zero-order valence-corrected chi connectivity index (χ0v) is 15.1. The highest BCUT2D eigenvalue weighted by atomic mass is 32.1. The molecule has 0 spiro atoms. The van der Waals surface area contributed by atoms with Crippen LogP contribution in [0.4, 0.5) is 4.79 Å². The van der Waals surface area contributed by atoms with Crippen molar-refractivity contribution in [1.29, 1.82) is 0 Å². The van der Waals surface area contributed by atoms with E-state index in [-0.39, 0.29) is 11.9 Å². The molecule has 0 saturated carbocycles. The highest BCUT2D eigenvalue weighted by Crippen LogP contribution is 2.34. The van der Waals surface area contributed by atoms with Gasteiger partial charge < -0.3 is 15.5 Å². The number of aryl methyl sites for hydroxylation is 2. The highest BCUT2D eigenvalue weighted by molar-refractivity contribution is 7.11. The Morgan fingerprint density at radius 3 is 2.79 bits per heavy atom. The number of thiazole rings is 1. The minimum atomic E-state index is -0.0741. The molecule has 3 amide bonds. The van der Waals surface area contributed by atoms with Crippen molar-refractivity contribution in [3.05, 3.63) is 15.6 Å². The number of carbonyl (C=O) groups is 2. The van der Waals surface area contributed by atoms with E-state index in [1.165, 1.54) is 41.8 Å². The molecule has 6 nitrogen and oxygen atoms in total. The maximum atomic E-state index is 12.3. The van der Waals surface area contributed by atoms with Crippen molar-refractivity contribution >= 4 is 23.3 Å². The van der Waals surface area contributed by atoms with Crippen LogP contribution in [0.3, 0.4) is 0 Å². The molecule has 1 atom stereocenters. The van der Waals surface area contributed by atoms with Crippen LogP contribution in [0.5, 0.6) is 0 Å². The van der Waals surface area contributed by atoms with Gasteiger partial charge in [-0.1, -0.05) is 0 Å². The molecule has 0 radical (unpaired) electrons. The summed E-state index contributed by atoms with van der Waals surface area (Å²) < 4.78 is 0. The van der Waals surface area contributed by atoms with Crippen LogP contribution in [-0.4, -0.2) is 48.0 Å². The average molecular weight is 350 g/mol. The van der Waals surface area contributed by atoms with Crippen LogP contribution in [0.2, 0.25) is 0 Å². The van der Waals surface area contributed by atoms with Gasteiger partial charge in [0.25, 0.3) is 0 Å². The number of nitrogens with one attached hydrogen (secondary N) is 2. The van der Waals surface area contributed by atoms with Gasteiger partial charge in [0, 0.05) is 43.9 Å². The zero-order chi connectivity index (χ0) is 16.9. The quantitative estimate of drug-likeness (QED) is 0.816. The lowest BCUT2D eigenvalue weighted by Crippen LogP contribution is -2.46. The van der Waals surface area contributed by atoms with Crippen LogP contribution in [0.25, 0.3) is 0 Å². The highest BCUT2D eigenvalue weighted by Gasteiger charge is 2.28. The van der Waals surface area contributed by atoms with Crippen molar-refractivity contribution in [3.63, 3.8) is 0 Å². The van der Waals surface area contributed by atoms with Gasteiger partial charge in [-0.15, -0.1) is 11.3 Å². The van der Waals surface area contributed by atoms with Crippen LogP contribution in [-0.2, 0) is 17.6 Å². The van der Waals surface area contributed by atoms with Crippen molar-refractivity contribution in [2.75, 3.05) is 26.2 Å². The van der Waals surface area contributed by atoms with Crippen LogP contribution >= 0.6 is 11.3 Å². The normalized spacial score (nSPS) is 20.4. The Kier molecular flexibility index (Phi) is 5.71. The molecule has 1 aliphatic heterocycles. The molecule has 1 aliphatic carbocycles. The lowest BCUT2D eigenvalue weighted by molar-refractivity contribution is -0.118. The van der Waals surface area contributed by atoms with E-state index in [2.05, 4.69) is 10.6 Å². The van der Waals surface area contributed by atoms with E-state index in [1.807, 2.05) is 16.2 Å². The van der Waals surface area contributed by atoms with Crippen molar-refractivity contribution in [2.24, 2.45) is 0 Å². The summed E-state index contributed by atoms with van der Waals surface area (Å²) in [6, 6.07) is -0.0358. The molecular weight excluding hydrogens is 324 g/mol. The number of amides is 3. The first-order valence-corrected chi connectivity index (χ1v) is 9.71. The number of carbonyl (C=O) groups excluding carboxylic acids is 2. The summed E-state index contributed by atoms with van der Waals surface area (Å²) in [5.41, 5.74) is 1.30. The summed E-state index contributed by atoms with van der Waals surface area (Å²) in [6.07, 6.45) is 6.96. The molecule has 0 unspecified atom stereocenters. The maximum Gasteiger partial charge on any atom is 0.317 e. The van der Waals surface area contributed by atoms with E-state index in [0.717, 1.165) is 32.4 Å². The predicted octanol–water partition coefficient (Wildman–Crippen LogP) is 2.05. The Morgan fingerprint density at radius 1 is 1.21 bits per heavy atom. The summed E-state index contributed by atoms with van der Waals surface area (Å²) in [5.74, 6) is 0.297. The minimum Gasteiger partial charge on any atom is -0.355 e. The lowest BCUT2D eigenvalue weighted by Gasteiger charge is -2.31. The maximum absolute atomic E-state index is 12.3. The molecule has 2 heterocycles. The Bertz CT molecular complexity index is 578. The van der Waals surface area contributed by atoms with Crippen molar-refractivity contribution in [2.45, 2.75) is 51.4 Å². The summed E-state index contributed by atoms with van der Waals surface area (Å²) >= 11 is 1.86. The Morgan fingerprint density at radius 2 is 2.00 bits per heavy atom. The van der Waals surface area contributed by atoms with E-state index in [9.17, 15) is 9.59 Å². The van der Waals surface area contributed by atoms with Crippen molar-refractivity contribution in [3.8, 4) is 0 Å². The summed E-state index contributed by atoms with van der Waals surface area (Å²) in [7, 11) is 0. The van der Waals surface area contributed by atoms with Crippen LogP contribution in [0.1, 0.15) is 54.1 Å². The van der Waals surface area contributed by atoms with Gasteiger partial charge in [0.15, 0.2) is 0 Å². The first-order chi connectivity index (χ1) is 11.6. The number of urea groups is 1. The van der Waals surface area contributed by atoms with E-state index >= 15 is 0 Å². The second-order valence-corrected chi connectivity index (χ2v) is 7.74. The second-order valence-electron chi connectivity index (χ2n) is 6.63. The second kappa shape index (κ2) is 7.96. The fraction of sp³-hybridized carbons (Fsp3) is 0.706. The van der Waals surface area contributed by atoms with Gasteiger partial charge in [0.1, 0.15) is 0 Å². The summed E-state index contributed by atoms with van der Waals surface area (Å²) in [6.45, 7) is 3.96. The van der Waals surface area contributed by atoms with Gasteiger partial charge in [-0.2, -0.15) is 0 Å². The molecule has 0 aromatic carbocycles. The van der Waals surface area contributed by atoms with E-state index in [4.69, 9.17) is 4.98 Å². The standard InChI is InChI=1S/C17H26N4O2S/c1-12(22)18-8-9-19-17(23)21-10-4-5-13(11-21)16-20-14-6-2-3-7-15(14)24-16/h13H,2-11H2,1H3,(H,18,22)(H,19,23)/t13-/m1/s1. The predicted molar refractivity (Wildman–Crippen MR) is 94.4 cm³/mol. The molecule has 1 fully saturated rings. The molecule has 1 aromatic heterocycles. The number of piperidine rings is 1. The Hall–Kier alpha value is -1.63. The molecule has 2 N–H and O–H groups in total. The lowest BCUT2D eigenvalue weighted by atomic mass is 9.98. The number of nitrogens with zero attached hydrogens (tertiary/aromatic N) is 2. The topological polar surface area (TPSA) is 74.3 Å². The third kappa shape index (κ3) is 4.26. The number of fused-ring (bicyclic) bond motifs is 1. The van der Waals surface area contributed by atoms with Gasteiger partial charge in [0.2, 0.25) is 5.91 Å². The molecule has 0 bridgehead atoms. The van der Waals surface area contributed by atoms with Gasteiger partial charge in [0.05, 0.1) is 10.7 Å². The van der Waals surface area contributed by atoms with Gasteiger partial charge >= 0.3 is 6.03 Å². The fourth-order valence-electron chi connectivity index (χ4n) is 3.43. The number of hydrogen-bond acceptors (Lipinski definition) is 4. The molecule has 2 aliphatic rings. The fourth-order valence-corrected chi connectivity index (χ4v) is 4.71. The molecule has 1 aromatic rings. The Balaban J connectivity index is 1.53. The SMILES string of the molecule is CC(=O)NCCNC(=O)N1CCC[C@@H](c2nc3c(s2)CCCC3)C1.